The van der Waals surface area contributed by atoms with Gasteiger partial charge in [-0.25, -0.2) is 17.1 Å². The van der Waals surface area contributed by atoms with Crippen LogP contribution in [0.15, 0.2) is 24.3 Å². The molecular formula is C12H19FN2O2S. The number of nitrogens with one attached hydrogen (secondary N) is 1. The van der Waals surface area contributed by atoms with Crippen LogP contribution in [-0.4, -0.2) is 38.6 Å². The largest absolute Gasteiger partial charge is 0.318 e. The minimum atomic E-state index is -3.36. The van der Waals surface area contributed by atoms with Crippen LogP contribution >= 0.6 is 0 Å². The fourth-order valence-electron chi connectivity index (χ4n) is 1.68. The van der Waals surface area contributed by atoms with Crippen LogP contribution in [0.1, 0.15) is 12.5 Å². The minimum absolute atomic E-state index is 0.175. The molecule has 18 heavy (non-hydrogen) atoms. The van der Waals surface area contributed by atoms with E-state index in [0.717, 1.165) is 0 Å². The molecule has 0 heterocycles. The molecule has 1 rings (SSSR count). The van der Waals surface area contributed by atoms with Crippen molar-refractivity contribution in [1.29, 1.82) is 0 Å². The summed E-state index contributed by atoms with van der Waals surface area (Å²) < 4.78 is 38.5. The number of rotatable bonds is 6. The van der Waals surface area contributed by atoms with Crippen molar-refractivity contribution in [3.63, 3.8) is 0 Å². The number of hydrogen-bond acceptors (Lipinski definition) is 3. The van der Waals surface area contributed by atoms with Crippen molar-refractivity contribution >= 4 is 10.0 Å². The molecule has 1 aromatic carbocycles. The highest BCUT2D eigenvalue weighted by Gasteiger charge is 2.25. The maximum atomic E-state index is 13.0. The molecule has 0 aliphatic heterocycles. The van der Waals surface area contributed by atoms with Gasteiger partial charge < -0.3 is 5.32 Å². The molecule has 4 nitrogen and oxygen atoms in total. The van der Waals surface area contributed by atoms with Crippen molar-refractivity contribution in [2.24, 2.45) is 0 Å². The van der Waals surface area contributed by atoms with Crippen LogP contribution in [0.3, 0.4) is 0 Å². The van der Waals surface area contributed by atoms with Crippen LogP contribution in [0.4, 0.5) is 4.39 Å². The molecule has 0 spiro atoms. The van der Waals surface area contributed by atoms with Gasteiger partial charge in [0.05, 0.1) is 5.25 Å². The molecule has 0 aliphatic carbocycles. The van der Waals surface area contributed by atoms with E-state index in [-0.39, 0.29) is 12.4 Å². The summed E-state index contributed by atoms with van der Waals surface area (Å²) in [5, 5.41) is 2.32. The van der Waals surface area contributed by atoms with Gasteiger partial charge in [0.2, 0.25) is 10.0 Å². The van der Waals surface area contributed by atoms with Gasteiger partial charge in [-0.3, -0.25) is 0 Å². The van der Waals surface area contributed by atoms with Crippen molar-refractivity contribution in [2.45, 2.75) is 18.7 Å². The molecule has 0 fully saturated rings. The van der Waals surface area contributed by atoms with Gasteiger partial charge in [-0.05, 0) is 31.7 Å². The zero-order chi connectivity index (χ0) is 13.8. The molecule has 1 N–H and O–H groups in total. The number of benzene rings is 1. The summed E-state index contributed by atoms with van der Waals surface area (Å²) in [6.07, 6.45) is 0. The predicted octanol–water partition coefficient (Wildman–Crippen LogP) is 1.20. The van der Waals surface area contributed by atoms with E-state index in [1.165, 1.54) is 23.5 Å². The second-order valence-electron chi connectivity index (χ2n) is 4.30. The second-order valence-corrected chi connectivity index (χ2v) is 6.76. The van der Waals surface area contributed by atoms with Crippen LogP contribution in [0.5, 0.6) is 0 Å². The summed E-state index contributed by atoms with van der Waals surface area (Å²) in [6.45, 7) is 2.21. The van der Waals surface area contributed by atoms with E-state index in [1.807, 2.05) is 0 Å². The van der Waals surface area contributed by atoms with E-state index in [2.05, 4.69) is 5.32 Å². The van der Waals surface area contributed by atoms with Gasteiger partial charge in [0.1, 0.15) is 5.82 Å². The number of hydrogen-bond donors (Lipinski definition) is 1. The summed E-state index contributed by atoms with van der Waals surface area (Å²) >= 11 is 0. The molecule has 0 saturated carbocycles. The third-order valence-corrected chi connectivity index (χ3v) is 4.91. The Morgan fingerprint density at radius 1 is 1.44 bits per heavy atom. The molecule has 0 aromatic heterocycles. The van der Waals surface area contributed by atoms with Crippen molar-refractivity contribution in [1.82, 2.24) is 9.62 Å². The van der Waals surface area contributed by atoms with E-state index >= 15 is 0 Å². The first-order valence-corrected chi connectivity index (χ1v) is 7.22. The maximum Gasteiger partial charge on any atom is 0.218 e. The van der Waals surface area contributed by atoms with E-state index in [1.54, 1.807) is 26.1 Å². The van der Waals surface area contributed by atoms with E-state index in [9.17, 15) is 12.8 Å². The van der Waals surface area contributed by atoms with Crippen LogP contribution < -0.4 is 5.32 Å². The van der Waals surface area contributed by atoms with Crippen LogP contribution in [-0.2, 0) is 16.6 Å². The third-order valence-electron chi connectivity index (χ3n) is 2.73. The first-order chi connectivity index (χ1) is 8.37. The van der Waals surface area contributed by atoms with Crippen LogP contribution in [0, 0.1) is 5.82 Å². The van der Waals surface area contributed by atoms with Crippen molar-refractivity contribution in [3.05, 3.63) is 35.6 Å². The average Bonchev–Trinajstić information content (AvgIpc) is 2.29. The first kappa shape index (κ1) is 15.1. The Hall–Kier alpha value is -0.980. The van der Waals surface area contributed by atoms with Crippen LogP contribution in [0.25, 0.3) is 0 Å². The summed E-state index contributed by atoms with van der Waals surface area (Å²) in [4.78, 5) is 0. The zero-order valence-electron chi connectivity index (χ0n) is 10.9. The predicted molar refractivity (Wildman–Crippen MR) is 70.2 cm³/mol. The molecule has 1 unspecified atom stereocenters. The van der Waals surface area contributed by atoms with E-state index in [0.29, 0.717) is 12.1 Å². The van der Waals surface area contributed by atoms with Crippen molar-refractivity contribution in [2.75, 3.05) is 20.6 Å². The van der Waals surface area contributed by atoms with Gasteiger partial charge in [-0.2, -0.15) is 0 Å². The molecule has 1 aromatic rings. The Morgan fingerprint density at radius 3 is 2.67 bits per heavy atom. The number of nitrogens with zero attached hydrogens (tertiary/aromatic N) is 1. The van der Waals surface area contributed by atoms with E-state index in [4.69, 9.17) is 0 Å². The molecule has 0 aliphatic rings. The third kappa shape index (κ3) is 3.76. The van der Waals surface area contributed by atoms with Gasteiger partial charge in [0.25, 0.3) is 0 Å². The van der Waals surface area contributed by atoms with Gasteiger partial charge in [0.15, 0.2) is 0 Å². The quantitative estimate of drug-likeness (QED) is 0.848. The summed E-state index contributed by atoms with van der Waals surface area (Å²) in [5.41, 5.74) is 0.637. The van der Waals surface area contributed by atoms with Crippen LogP contribution in [0.2, 0.25) is 0 Å². The van der Waals surface area contributed by atoms with E-state index < -0.39 is 15.3 Å². The number of sulfonamides is 1. The normalized spacial score (nSPS) is 13.8. The lowest BCUT2D eigenvalue weighted by Crippen LogP contribution is -2.39. The maximum absolute atomic E-state index is 13.0. The topological polar surface area (TPSA) is 49.4 Å². The lowest BCUT2D eigenvalue weighted by molar-refractivity contribution is 0.454. The lowest BCUT2D eigenvalue weighted by atomic mass is 10.2. The summed E-state index contributed by atoms with van der Waals surface area (Å²) in [6, 6.07) is 5.95. The standard InChI is InChI=1S/C12H19FN2O2S/c1-10(8-14-2)18(16,17)15(3)9-11-5-4-6-12(13)7-11/h4-7,10,14H,8-9H2,1-3H3. The molecule has 6 heteroatoms. The molecule has 0 amide bonds. The second kappa shape index (κ2) is 6.26. The molecule has 1 atom stereocenters. The van der Waals surface area contributed by atoms with Gasteiger partial charge >= 0.3 is 0 Å². The molecule has 0 bridgehead atoms. The fraction of sp³-hybridized carbons (Fsp3) is 0.500. The number of halogens is 1. The Kier molecular flexibility index (Phi) is 5.25. The highest BCUT2D eigenvalue weighted by atomic mass is 32.2. The van der Waals surface area contributed by atoms with Gasteiger partial charge in [0, 0.05) is 20.1 Å². The SMILES string of the molecule is CNCC(C)S(=O)(=O)N(C)Cc1cccc(F)c1. The monoisotopic (exact) mass is 274 g/mol. The van der Waals surface area contributed by atoms with Crippen molar-refractivity contribution in [3.8, 4) is 0 Å². The van der Waals surface area contributed by atoms with Gasteiger partial charge in [-0.1, -0.05) is 12.1 Å². The van der Waals surface area contributed by atoms with Gasteiger partial charge in [-0.15, -0.1) is 0 Å². The van der Waals surface area contributed by atoms with Crippen molar-refractivity contribution < 1.29 is 12.8 Å². The Bertz CT molecular complexity index is 491. The average molecular weight is 274 g/mol. The molecular weight excluding hydrogens is 255 g/mol. The molecule has 0 radical (unpaired) electrons. The summed E-state index contributed by atoms with van der Waals surface area (Å²) in [7, 11) is -0.151. The zero-order valence-corrected chi connectivity index (χ0v) is 11.7. The highest BCUT2D eigenvalue weighted by molar-refractivity contribution is 7.89. The lowest BCUT2D eigenvalue weighted by Gasteiger charge is -2.21. The Labute approximate surface area is 108 Å². The molecule has 102 valence electrons. The highest BCUT2D eigenvalue weighted by Crippen LogP contribution is 2.12. The fourth-order valence-corrected chi connectivity index (χ4v) is 3.00. The Morgan fingerprint density at radius 2 is 2.11 bits per heavy atom. The molecule has 0 saturated heterocycles. The minimum Gasteiger partial charge on any atom is -0.318 e. The summed E-state index contributed by atoms with van der Waals surface area (Å²) in [5.74, 6) is -0.360. The first-order valence-electron chi connectivity index (χ1n) is 5.72. The Balaban J connectivity index is 2.79. The smallest absolute Gasteiger partial charge is 0.218 e.